The number of anilines is 1. The lowest BCUT2D eigenvalue weighted by Gasteiger charge is -2.09. The van der Waals surface area contributed by atoms with Gasteiger partial charge in [-0.05, 0) is 58.7 Å². The van der Waals surface area contributed by atoms with Crippen molar-refractivity contribution < 1.29 is 9.53 Å². The number of carbonyl (C=O) groups is 1. The summed E-state index contributed by atoms with van der Waals surface area (Å²) in [6.07, 6.45) is 1.64. The Kier molecular flexibility index (Phi) is 4.98. The molecule has 4 nitrogen and oxygen atoms in total. The summed E-state index contributed by atoms with van der Waals surface area (Å²) >= 11 is 9.15. The van der Waals surface area contributed by atoms with Crippen molar-refractivity contribution in [3.63, 3.8) is 0 Å². The molecule has 0 bridgehead atoms. The summed E-state index contributed by atoms with van der Waals surface area (Å²) in [7, 11) is 0. The molecule has 0 atom stereocenters. The molecule has 1 aromatic carbocycles. The van der Waals surface area contributed by atoms with Crippen LogP contribution in [-0.4, -0.2) is 17.5 Å². The number of pyridine rings is 1. The van der Waals surface area contributed by atoms with Gasteiger partial charge >= 0.3 is 0 Å². The van der Waals surface area contributed by atoms with Gasteiger partial charge in [0, 0.05) is 11.2 Å². The molecule has 0 fully saturated rings. The largest absolute Gasteiger partial charge is 0.483 e. The molecule has 0 aliphatic carbocycles. The van der Waals surface area contributed by atoms with Crippen molar-refractivity contribution in [2.75, 3.05) is 11.9 Å². The zero-order valence-electron chi connectivity index (χ0n) is 10.7. The number of hydrogen-bond donors (Lipinski definition) is 1. The highest BCUT2D eigenvalue weighted by atomic mass is 79.9. The molecule has 1 heterocycles. The average Bonchev–Trinajstić information content (AvgIpc) is 2.37. The zero-order valence-corrected chi connectivity index (χ0v) is 13.0. The quantitative estimate of drug-likeness (QED) is 0.907. The van der Waals surface area contributed by atoms with Gasteiger partial charge in [-0.3, -0.25) is 4.79 Å². The fourth-order valence-corrected chi connectivity index (χ4v) is 2.32. The number of nitrogens with zero attached hydrogens (tertiary/aromatic N) is 1. The molecule has 1 aromatic heterocycles. The van der Waals surface area contributed by atoms with Crippen LogP contribution in [0.2, 0.25) is 5.02 Å². The van der Waals surface area contributed by atoms with E-state index in [4.69, 9.17) is 16.3 Å². The summed E-state index contributed by atoms with van der Waals surface area (Å²) in [5.41, 5.74) is 1.02. The number of benzene rings is 1. The molecule has 0 saturated carbocycles. The Morgan fingerprint density at radius 1 is 1.40 bits per heavy atom. The van der Waals surface area contributed by atoms with E-state index in [9.17, 15) is 4.79 Å². The number of carbonyl (C=O) groups excluding carboxylic acids is 1. The Hall–Kier alpha value is -1.59. The highest BCUT2D eigenvalue weighted by Gasteiger charge is 2.07. The number of halogens is 2. The Bertz CT molecular complexity index is 634. The van der Waals surface area contributed by atoms with Gasteiger partial charge < -0.3 is 10.1 Å². The monoisotopic (exact) mass is 354 g/mol. The Balaban J connectivity index is 1.92. The molecule has 2 aromatic rings. The van der Waals surface area contributed by atoms with Crippen molar-refractivity contribution in [1.82, 2.24) is 4.98 Å². The van der Waals surface area contributed by atoms with Crippen LogP contribution >= 0.6 is 27.5 Å². The minimum atomic E-state index is -0.273. The average molecular weight is 356 g/mol. The molecule has 1 amide bonds. The number of amides is 1. The first kappa shape index (κ1) is 14.8. The maximum absolute atomic E-state index is 11.8. The van der Waals surface area contributed by atoms with Crippen LogP contribution in [0.25, 0.3) is 0 Å². The van der Waals surface area contributed by atoms with Gasteiger partial charge in [-0.2, -0.15) is 0 Å². The second-order valence-corrected chi connectivity index (χ2v) is 5.42. The number of ether oxygens (including phenoxy) is 1. The summed E-state index contributed by atoms with van der Waals surface area (Å²) < 4.78 is 6.11. The van der Waals surface area contributed by atoms with Gasteiger partial charge in [0.15, 0.2) is 6.61 Å². The molecule has 0 aliphatic rings. The number of aryl methyl sites for hydroxylation is 1. The van der Waals surface area contributed by atoms with Crippen LogP contribution in [0.5, 0.6) is 5.75 Å². The summed E-state index contributed by atoms with van der Waals surface area (Å²) in [5, 5.41) is 3.26. The zero-order chi connectivity index (χ0) is 14.5. The molecule has 0 aliphatic heterocycles. The molecule has 0 radical (unpaired) electrons. The summed E-state index contributed by atoms with van der Waals surface area (Å²) in [6.45, 7) is 1.83. The highest BCUT2D eigenvalue weighted by Crippen LogP contribution is 2.27. The van der Waals surface area contributed by atoms with E-state index in [2.05, 4.69) is 26.2 Å². The molecular formula is C14H12BrClN2O2. The fraction of sp³-hybridized carbons (Fsp3) is 0.143. The van der Waals surface area contributed by atoms with E-state index in [1.807, 2.05) is 13.0 Å². The van der Waals surface area contributed by atoms with E-state index in [-0.39, 0.29) is 12.5 Å². The lowest BCUT2D eigenvalue weighted by atomic mass is 10.3. The number of aromatic nitrogens is 1. The van der Waals surface area contributed by atoms with Crippen LogP contribution in [0, 0.1) is 6.92 Å². The maximum Gasteiger partial charge on any atom is 0.263 e. The predicted octanol–water partition coefficient (Wildman–Crippen LogP) is 3.82. The third-order valence-electron chi connectivity index (χ3n) is 2.44. The first-order chi connectivity index (χ1) is 9.54. The molecule has 104 valence electrons. The molecule has 2 rings (SSSR count). The van der Waals surface area contributed by atoms with Crippen LogP contribution in [0.15, 0.2) is 41.0 Å². The normalized spacial score (nSPS) is 10.2. The van der Waals surface area contributed by atoms with Crippen molar-refractivity contribution in [1.29, 1.82) is 0 Å². The van der Waals surface area contributed by atoms with Gasteiger partial charge in [0.25, 0.3) is 5.91 Å². The number of rotatable bonds is 4. The van der Waals surface area contributed by atoms with Crippen molar-refractivity contribution >= 4 is 39.3 Å². The number of hydrogen-bond acceptors (Lipinski definition) is 3. The first-order valence-corrected chi connectivity index (χ1v) is 7.02. The van der Waals surface area contributed by atoms with E-state index in [0.717, 1.165) is 5.56 Å². The van der Waals surface area contributed by atoms with Crippen molar-refractivity contribution in [2.24, 2.45) is 0 Å². The van der Waals surface area contributed by atoms with Gasteiger partial charge in [0.2, 0.25) is 0 Å². The van der Waals surface area contributed by atoms with E-state index in [0.29, 0.717) is 21.1 Å². The Morgan fingerprint density at radius 2 is 2.20 bits per heavy atom. The van der Waals surface area contributed by atoms with Crippen LogP contribution in [-0.2, 0) is 4.79 Å². The molecule has 0 unspecified atom stereocenters. The maximum atomic E-state index is 11.8. The molecule has 1 N–H and O–H groups in total. The molecule has 0 spiro atoms. The van der Waals surface area contributed by atoms with Gasteiger partial charge in [0.05, 0.1) is 4.47 Å². The standard InChI is InChI=1S/C14H12BrClN2O2/c1-9-4-5-17-13(6-9)18-14(19)8-20-12-3-2-10(16)7-11(12)15/h2-7H,8H2,1H3,(H,17,18,19). The molecular weight excluding hydrogens is 344 g/mol. The second kappa shape index (κ2) is 6.72. The number of nitrogens with one attached hydrogen (secondary N) is 1. The van der Waals surface area contributed by atoms with Crippen LogP contribution < -0.4 is 10.1 Å². The van der Waals surface area contributed by atoms with Gasteiger partial charge in [-0.15, -0.1) is 0 Å². The SMILES string of the molecule is Cc1ccnc(NC(=O)COc2ccc(Cl)cc2Br)c1. The molecule has 20 heavy (non-hydrogen) atoms. The lowest BCUT2D eigenvalue weighted by molar-refractivity contribution is -0.118. The summed E-state index contributed by atoms with van der Waals surface area (Å²) in [6, 6.07) is 8.75. The van der Waals surface area contributed by atoms with E-state index in [1.54, 1.807) is 30.5 Å². The topological polar surface area (TPSA) is 51.2 Å². The molecule has 0 saturated heterocycles. The summed E-state index contributed by atoms with van der Waals surface area (Å²) in [4.78, 5) is 15.8. The van der Waals surface area contributed by atoms with Gasteiger partial charge in [0.1, 0.15) is 11.6 Å². The predicted molar refractivity (Wildman–Crippen MR) is 82.3 cm³/mol. The van der Waals surface area contributed by atoms with E-state index < -0.39 is 0 Å². The van der Waals surface area contributed by atoms with Crippen molar-refractivity contribution in [2.45, 2.75) is 6.92 Å². The van der Waals surface area contributed by atoms with Crippen molar-refractivity contribution in [3.05, 3.63) is 51.6 Å². The third kappa shape index (κ3) is 4.21. The summed E-state index contributed by atoms with van der Waals surface area (Å²) in [5.74, 6) is 0.792. The van der Waals surface area contributed by atoms with E-state index in [1.165, 1.54) is 0 Å². The Morgan fingerprint density at radius 3 is 2.90 bits per heavy atom. The smallest absolute Gasteiger partial charge is 0.263 e. The second-order valence-electron chi connectivity index (χ2n) is 4.13. The van der Waals surface area contributed by atoms with Gasteiger partial charge in [-0.25, -0.2) is 4.98 Å². The van der Waals surface area contributed by atoms with Crippen LogP contribution in [0.4, 0.5) is 5.82 Å². The van der Waals surface area contributed by atoms with E-state index >= 15 is 0 Å². The first-order valence-electron chi connectivity index (χ1n) is 5.85. The van der Waals surface area contributed by atoms with Gasteiger partial charge in [-0.1, -0.05) is 11.6 Å². The minimum Gasteiger partial charge on any atom is -0.483 e. The van der Waals surface area contributed by atoms with Crippen LogP contribution in [0.3, 0.4) is 0 Å². The lowest BCUT2D eigenvalue weighted by Crippen LogP contribution is -2.20. The van der Waals surface area contributed by atoms with Crippen LogP contribution in [0.1, 0.15) is 5.56 Å². The third-order valence-corrected chi connectivity index (χ3v) is 3.29. The molecule has 6 heteroatoms. The fourth-order valence-electron chi connectivity index (χ4n) is 1.52. The van der Waals surface area contributed by atoms with Crippen molar-refractivity contribution in [3.8, 4) is 5.75 Å². The highest BCUT2D eigenvalue weighted by molar-refractivity contribution is 9.10. The minimum absolute atomic E-state index is 0.101. The Labute approximate surface area is 130 Å².